The zero-order valence-electron chi connectivity index (χ0n) is 48.1. The Hall–Kier alpha value is -9.18. The highest BCUT2D eigenvalue weighted by molar-refractivity contribution is 5.91. The number of rotatable bonds is 11. The molecule has 0 spiro atoms. The van der Waals surface area contributed by atoms with Gasteiger partial charge in [0.2, 0.25) is 0 Å². The summed E-state index contributed by atoms with van der Waals surface area (Å²) in [4.78, 5) is 7.29. The first kappa shape index (κ1) is 51.3. The lowest BCUT2D eigenvalue weighted by atomic mass is 9.62. The topological polar surface area (TPSA) is 9.72 Å². The van der Waals surface area contributed by atoms with E-state index in [1.807, 2.05) is 0 Å². The molecule has 0 unspecified atom stereocenters. The number of benzene rings is 10. The lowest BCUT2D eigenvalue weighted by molar-refractivity contribution is 0.660. The van der Waals surface area contributed by atoms with Gasteiger partial charge in [0.05, 0.1) is 16.8 Å². The number of anilines is 8. The Kier molecular flexibility index (Phi) is 12.4. The smallest absolute Gasteiger partial charge is 0.0736 e. The van der Waals surface area contributed by atoms with Gasteiger partial charge in [0.25, 0.3) is 0 Å². The minimum Gasteiger partial charge on any atom is -0.311 e. The molecule has 1 aliphatic heterocycles. The van der Waals surface area contributed by atoms with Crippen molar-refractivity contribution in [3.8, 4) is 22.3 Å². The van der Waals surface area contributed by atoms with Crippen LogP contribution in [0.5, 0.6) is 0 Å². The minimum absolute atomic E-state index is 0.149. The number of allylic oxidation sites excluding steroid dienone is 4. The molecule has 0 aromatic heterocycles. The quantitative estimate of drug-likeness (QED) is 0.120. The lowest BCUT2D eigenvalue weighted by Gasteiger charge is -2.46. The molecule has 0 amide bonds. The standard InChI is InChI=1S/C78H69N3/c1-11-57(79(60-38-33-51(2)53(4)47-60)62-43-45-66-64-25-15-17-27-68(64)76(7,8)72(66)49-62)40-35-55(6)78(70-29-19-21-31-74(70)81(58-23-13-12-14-24-58)75-32-22-20-30-71(75)78)56-36-41-59(42-37-56)80(61-39-34-52(3)54(5)48-61)63-44-46-67-65-26-16-18-28-69(65)77(9,10)73(67)50-63/h11-50H,6H2,1-5,7-10H3/b40-35-,57-11+. The molecule has 10 aromatic rings. The Morgan fingerprint density at radius 2 is 0.815 bits per heavy atom. The number of hydrogen-bond acceptors (Lipinski definition) is 3. The third-order valence-corrected chi connectivity index (χ3v) is 18.3. The van der Waals surface area contributed by atoms with E-state index < -0.39 is 5.41 Å². The van der Waals surface area contributed by atoms with Gasteiger partial charge in [-0.25, -0.2) is 0 Å². The van der Waals surface area contributed by atoms with Crippen molar-refractivity contribution in [3.05, 3.63) is 322 Å². The Morgan fingerprint density at radius 3 is 1.37 bits per heavy atom. The van der Waals surface area contributed by atoms with Gasteiger partial charge in [0, 0.05) is 50.7 Å². The molecular formula is C78H69N3. The molecule has 0 bridgehead atoms. The number of fused-ring (bicyclic) bond motifs is 8. The Bertz CT molecular complexity index is 4160. The van der Waals surface area contributed by atoms with Crippen LogP contribution in [-0.4, -0.2) is 0 Å². The van der Waals surface area contributed by atoms with Crippen LogP contribution in [0.2, 0.25) is 0 Å². The predicted octanol–water partition coefficient (Wildman–Crippen LogP) is 21.0. The van der Waals surface area contributed by atoms with E-state index in [0.29, 0.717) is 0 Å². The molecule has 3 heteroatoms. The van der Waals surface area contributed by atoms with Gasteiger partial charge in [-0.3, -0.25) is 0 Å². The summed E-state index contributed by atoms with van der Waals surface area (Å²) in [7, 11) is 0. The first-order chi connectivity index (χ1) is 39.2. The van der Waals surface area contributed by atoms with E-state index >= 15 is 0 Å². The van der Waals surface area contributed by atoms with Crippen LogP contribution >= 0.6 is 0 Å². The van der Waals surface area contributed by atoms with Crippen molar-refractivity contribution in [2.75, 3.05) is 14.7 Å². The molecule has 2 aliphatic carbocycles. The SMILES string of the molecule is C=C(/C=C\C(=C/C)N(c1ccc(C)c(C)c1)c1ccc2c(c1)C(C)(C)c1ccccc1-2)C1(c2ccc(N(c3ccc(C)c(C)c3)c3ccc4c(c3)C(C)(C)c3ccccc3-4)cc2)c2ccccc2N(c2ccccc2)c2ccccc21. The molecule has 3 aliphatic rings. The number of aryl methyl sites for hydroxylation is 4. The van der Waals surface area contributed by atoms with Gasteiger partial charge in [-0.2, -0.15) is 0 Å². The van der Waals surface area contributed by atoms with E-state index in [-0.39, 0.29) is 10.8 Å². The van der Waals surface area contributed by atoms with E-state index in [1.54, 1.807) is 0 Å². The van der Waals surface area contributed by atoms with Crippen LogP contribution in [0.15, 0.2) is 261 Å². The van der Waals surface area contributed by atoms with Crippen molar-refractivity contribution >= 4 is 45.5 Å². The first-order valence-electron chi connectivity index (χ1n) is 28.6. The summed E-state index contributed by atoms with van der Waals surface area (Å²) in [6, 6.07) is 83.7. The summed E-state index contributed by atoms with van der Waals surface area (Å²) in [6.45, 7) is 25.6. The second-order valence-electron chi connectivity index (χ2n) is 23.6. The third-order valence-electron chi connectivity index (χ3n) is 18.3. The predicted molar refractivity (Wildman–Crippen MR) is 343 cm³/mol. The van der Waals surface area contributed by atoms with Crippen LogP contribution in [-0.2, 0) is 16.2 Å². The Labute approximate surface area is 480 Å². The third kappa shape index (κ3) is 8.07. The van der Waals surface area contributed by atoms with E-state index in [4.69, 9.17) is 6.58 Å². The summed E-state index contributed by atoms with van der Waals surface area (Å²) < 4.78 is 0. The highest BCUT2D eigenvalue weighted by Crippen LogP contribution is 2.59. The van der Waals surface area contributed by atoms with Gasteiger partial charge in [-0.15, -0.1) is 0 Å². The molecule has 10 aromatic carbocycles. The number of hydrogen-bond donors (Lipinski definition) is 0. The monoisotopic (exact) mass is 1050 g/mol. The average Bonchev–Trinajstić information content (AvgIpc) is 3.05. The average molecular weight is 1050 g/mol. The summed E-state index contributed by atoms with van der Waals surface area (Å²) in [5.41, 5.74) is 28.9. The van der Waals surface area contributed by atoms with Crippen molar-refractivity contribution in [2.45, 2.75) is 78.6 Å². The van der Waals surface area contributed by atoms with E-state index in [2.05, 4.69) is 320 Å². The summed E-state index contributed by atoms with van der Waals surface area (Å²) in [5, 5.41) is 0. The second-order valence-corrected chi connectivity index (χ2v) is 23.6. The molecule has 81 heavy (non-hydrogen) atoms. The fourth-order valence-corrected chi connectivity index (χ4v) is 13.7. The van der Waals surface area contributed by atoms with Crippen LogP contribution in [0, 0.1) is 27.7 Å². The van der Waals surface area contributed by atoms with Crippen molar-refractivity contribution < 1.29 is 0 Å². The van der Waals surface area contributed by atoms with Crippen LogP contribution in [0.25, 0.3) is 22.3 Å². The van der Waals surface area contributed by atoms with Crippen molar-refractivity contribution in [1.82, 2.24) is 0 Å². The maximum absolute atomic E-state index is 5.22. The molecule has 0 fully saturated rings. The Morgan fingerprint density at radius 1 is 0.395 bits per heavy atom. The molecule has 0 atom stereocenters. The highest BCUT2D eigenvalue weighted by atomic mass is 15.2. The molecule has 0 saturated carbocycles. The molecular weight excluding hydrogens is 979 g/mol. The van der Waals surface area contributed by atoms with Crippen molar-refractivity contribution in [3.63, 3.8) is 0 Å². The fourth-order valence-electron chi connectivity index (χ4n) is 13.7. The van der Waals surface area contributed by atoms with Crippen LogP contribution < -0.4 is 14.7 Å². The van der Waals surface area contributed by atoms with Crippen molar-refractivity contribution in [1.29, 1.82) is 0 Å². The largest absolute Gasteiger partial charge is 0.311 e. The fraction of sp³-hybridized carbons (Fsp3) is 0.154. The maximum Gasteiger partial charge on any atom is 0.0736 e. The number of nitrogens with zero attached hydrogens (tertiary/aromatic N) is 3. The Balaban J connectivity index is 0.981. The zero-order valence-corrected chi connectivity index (χ0v) is 48.1. The summed E-state index contributed by atoms with van der Waals surface area (Å²) >= 11 is 0. The molecule has 0 N–H and O–H groups in total. The van der Waals surface area contributed by atoms with Gasteiger partial charge in [-0.05, 0) is 215 Å². The summed E-state index contributed by atoms with van der Waals surface area (Å²) in [5.74, 6) is 0. The van der Waals surface area contributed by atoms with E-state index in [0.717, 1.165) is 73.5 Å². The molecule has 0 radical (unpaired) electrons. The minimum atomic E-state index is -0.824. The molecule has 13 rings (SSSR count). The lowest BCUT2D eigenvalue weighted by Crippen LogP contribution is -2.37. The summed E-state index contributed by atoms with van der Waals surface area (Å²) in [6.07, 6.45) is 6.83. The molecule has 3 nitrogen and oxygen atoms in total. The molecule has 1 heterocycles. The van der Waals surface area contributed by atoms with Gasteiger partial charge < -0.3 is 14.7 Å². The maximum atomic E-state index is 5.22. The first-order valence-corrected chi connectivity index (χ1v) is 28.6. The normalized spacial score (nSPS) is 14.8. The van der Waals surface area contributed by atoms with E-state index in [9.17, 15) is 0 Å². The van der Waals surface area contributed by atoms with Crippen LogP contribution in [0.4, 0.5) is 45.5 Å². The molecule has 0 saturated heterocycles. The zero-order chi connectivity index (χ0) is 56.0. The van der Waals surface area contributed by atoms with Gasteiger partial charge in [0.15, 0.2) is 0 Å². The van der Waals surface area contributed by atoms with Gasteiger partial charge >= 0.3 is 0 Å². The molecule has 396 valence electrons. The second kappa shape index (κ2) is 19.6. The van der Waals surface area contributed by atoms with Gasteiger partial charge in [-0.1, -0.05) is 186 Å². The van der Waals surface area contributed by atoms with Gasteiger partial charge in [0.1, 0.15) is 0 Å². The number of para-hydroxylation sites is 3. The highest BCUT2D eigenvalue weighted by Gasteiger charge is 2.47. The van der Waals surface area contributed by atoms with Crippen LogP contribution in [0.1, 0.15) is 95.8 Å². The van der Waals surface area contributed by atoms with Crippen molar-refractivity contribution in [2.24, 2.45) is 0 Å². The van der Waals surface area contributed by atoms with Crippen LogP contribution in [0.3, 0.4) is 0 Å². The van der Waals surface area contributed by atoms with E-state index in [1.165, 1.54) is 66.8 Å².